The minimum absolute atomic E-state index is 0.206. The van der Waals surface area contributed by atoms with Crippen LogP contribution in [0.3, 0.4) is 0 Å². The van der Waals surface area contributed by atoms with E-state index in [1.165, 1.54) is 0 Å². The van der Waals surface area contributed by atoms with Gasteiger partial charge in [0.15, 0.2) is 0 Å². The predicted molar refractivity (Wildman–Crippen MR) is 150 cm³/mol. The third-order valence-electron chi connectivity index (χ3n) is 7.25. The summed E-state index contributed by atoms with van der Waals surface area (Å²) in [6.07, 6.45) is 5.24. The number of carbonyl (C=O) groups is 2. The number of nitrogens with zero attached hydrogens (tertiary/aromatic N) is 3. The van der Waals surface area contributed by atoms with E-state index in [0.29, 0.717) is 22.9 Å². The van der Waals surface area contributed by atoms with Crippen LogP contribution < -0.4 is 10.1 Å². The SMILES string of the molecule is CC(C)n1ccc(-c2ccc(C(=O)C(=O)NC(CN3CCCC3)C(O)c3ccc(OC4CC4)c(Cl)c3)cc2)n1. The van der Waals surface area contributed by atoms with Gasteiger partial charge in [-0.15, -0.1) is 0 Å². The number of rotatable bonds is 11. The number of ether oxygens (including phenoxy) is 1. The van der Waals surface area contributed by atoms with Crippen LogP contribution >= 0.6 is 11.6 Å². The molecule has 1 aromatic heterocycles. The minimum Gasteiger partial charge on any atom is -0.489 e. The summed E-state index contributed by atoms with van der Waals surface area (Å²) in [6.45, 7) is 6.30. The molecule has 2 fully saturated rings. The van der Waals surface area contributed by atoms with E-state index < -0.39 is 23.8 Å². The Kier molecular flexibility index (Phi) is 8.35. The number of halogens is 1. The zero-order valence-electron chi connectivity index (χ0n) is 22.3. The van der Waals surface area contributed by atoms with Crippen molar-refractivity contribution >= 4 is 23.3 Å². The van der Waals surface area contributed by atoms with Gasteiger partial charge in [-0.05, 0) is 76.4 Å². The van der Waals surface area contributed by atoms with Gasteiger partial charge in [0.1, 0.15) is 11.9 Å². The molecule has 9 heteroatoms. The maximum Gasteiger partial charge on any atom is 0.292 e. The summed E-state index contributed by atoms with van der Waals surface area (Å²) in [7, 11) is 0. The predicted octanol–water partition coefficient (Wildman–Crippen LogP) is 4.82. The number of aliphatic hydroxyl groups is 1. The molecule has 2 aliphatic rings. The first kappa shape index (κ1) is 27.4. The highest BCUT2D eigenvalue weighted by Crippen LogP contribution is 2.34. The van der Waals surface area contributed by atoms with Gasteiger partial charge in [0.25, 0.3) is 5.91 Å². The van der Waals surface area contributed by atoms with Crippen molar-refractivity contribution in [3.8, 4) is 17.0 Å². The van der Waals surface area contributed by atoms with Crippen molar-refractivity contribution in [2.24, 2.45) is 0 Å². The van der Waals surface area contributed by atoms with Gasteiger partial charge in [0.05, 0.1) is 22.9 Å². The Morgan fingerprint density at radius 1 is 1.10 bits per heavy atom. The lowest BCUT2D eigenvalue weighted by atomic mass is 10.0. The van der Waals surface area contributed by atoms with Crippen LogP contribution in [0.2, 0.25) is 5.02 Å². The molecule has 3 aromatic rings. The van der Waals surface area contributed by atoms with Gasteiger partial charge >= 0.3 is 0 Å². The van der Waals surface area contributed by atoms with Gasteiger partial charge in [0.2, 0.25) is 5.78 Å². The van der Waals surface area contributed by atoms with Crippen LogP contribution in [-0.4, -0.2) is 63.3 Å². The van der Waals surface area contributed by atoms with Crippen molar-refractivity contribution in [3.63, 3.8) is 0 Å². The first-order valence-electron chi connectivity index (χ1n) is 13.7. The number of benzene rings is 2. The number of aliphatic hydroxyl groups excluding tert-OH is 1. The van der Waals surface area contributed by atoms with Crippen LogP contribution in [0.15, 0.2) is 54.7 Å². The molecule has 1 aliphatic heterocycles. The first-order chi connectivity index (χ1) is 18.8. The van der Waals surface area contributed by atoms with E-state index in [0.717, 1.165) is 50.0 Å². The molecule has 0 spiro atoms. The molecule has 1 amide bonds. The van der Waals surface area contributed by atoms with Gasteiger partial charge in [0, 0.05) is 29.9 Å². The molecule has 0 bridgehead atoms. The van der Waals surface area contributed by atoms with Crippen LogP contribution in [0.25, 0.3) is 11.3 Å². The third kappa shape index (κ3) is 6.69. The van der Waals surface area contributed by atoms with Crippen LogP contribution in [0, 0.1) is 0 Å². The normalized spacial score (nSPS) is 17.3. The number of nitrogens with one attached hydrogen (secondary N) is 1. The third-order valence-corrected chi connectivity index (χ3v) is 7.55. The first-order valence-corrected chi connectivity index (χ1v) is 14.0. The molecule has 8 nitrogen and oxygen atoms in total. The Bertz CT molecular complexity index is 1310. The molecule has 206 valence electrons. The zero-order valence-corrected chi connectivity index (χ0v) is 23.1. The van der Waals surface area contributed by atoms with E-state index in [-0.39, 0.29) is 17.7 Å². The molecule has 1 aliphatic carbocycles. The smallest absolute Gasteiger partial charge is 0.292 e. The van der Waals surface area contributed by atoms with Crippen LogP contribution in [-0.2, 0) is 4.79 Å². The van der Waals surface area contributed by atoms with Gasteiger partial charge in [-0.1, -0.05) is 41.9 Å². The van der Waals surface area contributed by atoms with E-state index >= 15 is 0 Å². The van der Waals surface area contributed by atoms with Crippen LogP contribution in [0.1, 0.15) is 67.6 Å². The van der Waals surface area contributed by atoms with Crippen molar-refractivity contribution in [2.45, 2.75) is 63.8 Å². The molecule has 2 heterocycles. The van der Waals surface area contributed by atoms with Crippen molar-refractivity contribution in [3.05, 3.63) is 70.9 Å². The Morgan fingerprint density at radius 2 is 1.82 bits per heavy atom. The van der Waals surface area contributed by atoms with Gasteiger partial charge in [-0.25, -0.2) is 0 Å². The molecular weight excluding hydrogens is 516 g/mol. The summed E-state index contributed by atoms with van der Waals surface area (Å²) in [5.41, 5.74) is 2.50. The lowest BCUT2D eigenvalue weighted by Gasteiger charge is -2.28. The van der Waals surface area contributed by atoms with E-state index in [2.05, 4.69) is 29.2 Å². The fourth-order valence-corrected chi connectivity index (χ4v) is 5.03. The average Bonchev–Trinajstić information content (AvgIpc) is 3.37. The quantitative estimate of drug-likeness (QED) is 0.262. The number of hydrogen-bond donors (Lipinski definition) is 2. The summed E-state index contributed by atoms with van der Waals surface area (Å²) in [6, 6.07) is 13.5. The Labute approximate surface area is 233 Å². The summed E-state index contributed by atoms with van der Waals surface area (Å²) in [4.78, 5) is 28.3. The van der Waals surface area contributed by atoms with Gasteiger partial charge in [-0.2, -0.15) is 5.10 Å². The molecule has 2 unspecified atom stereocenters. The van der Waals surface area contributed by atoms with E-state index in [1.807, 2.05) is 16.9 Å². The summed E-state index contributed by atoms with van der Waals surface area (Å²) < 4.78 is 7.68. The number of amides is 1. The van der Waals surface area contributed by atoms with E-state index in [4.69, 9.17) is 16.3 Å². The Balaban J connectivity index is 1.29. The highest BCUT2D eigenvalue weighted by atomic mass is 35.5. The molecule has 1 saturated carbocycles. The standard InChI is InChI=1S/C30H35ClN4O4/c1-19(2)35-16-13-25(33-35)20-5-7-21(8-6-20)29(37)30(38)32-26(18-34-14-3-4-15-34)28(36)22-9-12-27(24(31)17-22)39-23-10-11-23/h5-9,12-13,16-17,19,23,26,28,36H,3-4,10-11,14-15,18H2,1-2H3,(H,32,38). The van der Waals surface area contributed by atoms with Gasteiger partial charge < -0.3 is 20.1 Å². The molecule has 1 saturated heterocycles. The second-order valence-corrected chi connectivity index (χ2v) is 11.1. The van der Waals surface area contributed by atoms with Crippen molar-refractivity contribution in [1.82, 2.24) is 20.0 Å². The maximum atomic E-state index is 13.1. The number of ketones is 1. The summed E-state index contributed by atoms with van der Waals surface area (Å²) >= 11 is 6.44. The number of likely N-dealkylation sites (tertiary alicyclic amines) is 1. The largest absolute Gasteiger partial charge is 0.489 e. The maximum absolute atomic E-state index is 13.1. The molecular formula is C30H35ClN4O4. The topological polar surface area (TPSA) is 96.7 Å². The Hall–Kier alpha value is -3.20. The van der Waals surface area contributed by atoms with Crippen LogP contribution in [0.5, 0.6) is 5.75 Å². The molecule has 2 atom stereocenters. The molecule has 0 radical (unpaired) electrons. The zero-order chi connectivity index (χ0) is 27.5. The van der Waals surface area contributed by atoms with Crippen molar-refractivity contribution < 1.29 is 19.4 Å². The minimum atomic E-state index is -1.05. The fourth-order valence-electron chi connectivity index (χ4n) is 4.80. The molecule has 2 N–H and O–H groups in total. The van der Waals surface area contributed by atoms with E-state index in [1.54, 1.807) is 42.5 Å². The number of Topliss-reactive ketones (excluding diaryl/α,β-unsaturated/α-hetero) is 1. The number of hydrogen-bond acceptors (Lipinski definition) is 6. The summed E-state index contributed by atoms with van der Waals surface area (Å²) in [5.74, 6) is -0.821. The molecule has 39 heavy (non-hydrogen) atoms. The second-order valence-electron chi connectivity index (χ2n) is 10.7. The number of aromatic nitrogens is 2. The lowest BCUT2D eigenvalue weighted by Crippen LogP contribution is -2.48. The Morgan fingerprint density at radius 3 is 2.44 bits per heavy atom. The van der Waals surface area contributed by atoms with Gasteiger partial charge in [-0.3, -0.25) is 14.3 Å². The van der Waals surface area contributed by atoms with Crippen LogP contribution in [0.4, 0.5) is 0 Å². The highest BCUT2D eigenvalue weighted by molar-refractivity contribution is 6.42. The summed E-state index contributed by atoms with van der Waals surface area (Å²) in [5, 5.41) is 19.1. The average molecular weight is 551 g/mol. The lowest BCUT2D eigenvalue weighted by molar-refractivity contribution is -0.118. The van der Waals surface area contributed by atoms with Crippen molar-refractivity contribution in [1.29, 1.82) is 0 Å². The monoisotopic (exact) mass is 550 g/mol. The number of carbonyl (C=O) groups excluding carboxylic acids is 2. The van der Waals surface area contributed by atoms with E-state index in [9.17, 15) is 14.7 Å². The second kappa shape index (κ2) is 11.9. The molecule has 2 aromatic carbocycles. The highest BCUT2D eigenvalue weighted by Gasteiger charge is 2.30. The van der Waals surface area contributed by atoms with Crippen molar-refractivity contribution in [2.75, 3.05) is 19.6 Å². The fraction of sp³-hybridized carbons (Fsp3) is 0.433. The molecule has 5 rings (SSSR count).